The van der Waals surface area contributed by atoms with Crippen LogP contribution >= 0.6 is 0 Å². The summed E-state index contributed by atoms with van der Waals surface area (Å²) in [5, 5.41) is 0. The Morgan fingerprint density at radius 1 is 1.12 bits per heavy atom. The van der Waals surface area contributed by atoms with Crippen LogP contribution in [0.5, 0.6) is 0 Å². The summed E-state index contributed by atoms with van der Waals surface area (Å²) < 4.78 is 8.04. The van der Waals surface area contributed by atoms with E-state index in [0.29, 0.717) is 11.1 Å². The van der Waals surface area contributed by atoms with Crippen molar-refractivity contribution in [2.45, 2.75) is 33.2 Å². The second kappa shape index (κ2) is 4.32. The van der Waals surface area contributed by atoms with Crippen molar-refractivity contribution in [3.05, 3.63) is 35.4 Å². The summed E-state index contributed by atoms with van der Waals surface area (Å²) in [6.45, 7) is 5.61. The van der Waals surface area contributed by atoms with Gasteiger partial charge in [0, 0.05) is 7.41 Å². The summed E-state index contributed by atoms with van der Waals surface area (Å²) in [4.78, 5) is 25.6. The molecule has 2 atom stereocenters. The molecule has 1 aliphatic rings. The van der Waals surface area contributed by atoms with Gasteiger partial charge in [-0.05, 0) is 31.4 Å². The summed E-state index contributed by atoms with van der Waals surface area (Å²) in [5.74, 6) is -0.452. The molecule has 0 N–H and O–H groups in total. The van der Waals surface area contributed by atoms with E-state index in [2.05, 4.69) is 0 Å². The van der Waals surface area contributed by atoms with E-state index in [1.54, 1.807) is 31.2 Å². The van der Waals surface area contributed by atoms with Gasteiger partial charge in [0.2, 0.25) is 0 Å². The number of amides is 2. The molecule has 0 fully saturated rings. The summed E-state index contributed by atoms with van der Waals surface area (Å²) in [5.41, 5.74) is 0.899. The first-order chi connectivity index (χ1) is 8.45. The summed E-state index contributed by atoms with van der Waals surface area (Å²) in [7, 11) is 0. The molecular formula is C14H17NO2. The maximum Gasteiger partial charge on any atom is 0.261 e. The normalized spacial score (nSPS) is 19.3. The third-order valence-electron chi connectivity index (χ3n) is 2.90. The quantitative estimate of drug-likeness (QED) is 0.751. The molecule has 1 aliphatic heterocycles. The molecule has 17 heavy (non-hydrogen) atoms. The van der Waals surface area contributed by atoms with Crippen LogP contribution in [0.1, 0.15) is 49.3 Å². The Balaban J connectivity index is 2.34. The molecular weight excluding hydrogens is 214 g/mol. The van der Waals surface area contributed by atoms with Gasteiger partial charge >= 0.3 is 0 Å². The van der Waals surface area contributed by atoms with Crippen molar-refractivity contribution in [1.29, 1.82) is 0 Å². The molecule has 2 amide bonds. The van der Waals surface area contributed by atoms with Gasteiger partial charge in [-0.2, -0.15) is 0 Å². The molecule has 0 radical (unpaired) electrons. The monoisotopic (exact) mass is 232 g/mol. The first-order valence-electron chi connectivity index (χ1n) is 6.42. The number of benzene rings is 1. The van der Waals surface area contributed by atoms with Crippen LogP contribution in [0.25, 0.3) is 0 Å². The van der Waals surface area contributed by atoms with E-state index in [-0.39, 0.29) is 17.7 Å². The van der Waals surface area contributed by atoms with Gasteiger partial charge in [-0.15, -0.1) is 0 Å². The van der Waals surface area contributed by atoms with Crippen molar-refractivity contribution in [1.82, 2.24) is 4.90 Å². The lowest BCUT2D eigenvalue weighted by molar-refractivity contribution is 0.0581. The van der Waals surface area contributed by atoms with E-state index in [9.17, 15) is 9.59 Å². The highest BCUT2D eigenvalue weighted by atomic mass is 16.2. The molecule has 0 saturated carbocycles. The van der Waals surface area contributed by atoms with E-state index >= 15 is 0 Å². The minimum Gasteiger partial charge on any atom is -0.271 e. The number of carbonyl (C=O) groups is 2. The SMILES string of the molecule is [2H][C@@H](C(C)C)[C@@H](C)N1C(=O)c2ccccc2C1=O. The summed E-state index contributed by atoms with van der Waals surface area (Å²) >= 11 is 0. The Bertz CT molecular complexity index is 463. The molecule has 0 aromatic heterocycles. The molecule has 1 aromatic rings. The van der Waals surface area contributed by atoms with Gasteiger partial charge in [0.1, 0.15) is 0 Å². The summed E-state index contributed by atoms with van der Waals surface area (Å²) in [6.07, 6.45) is -0.466. The van der Waals surface area contributed by atoms with Crippen LogP contribution < -0.4 is 0 Å². The molecule has 3 nitrogen and oxygen atoms in total. The number of carbonyl (C=O) groups excluding carboxylic acids is 2. The molecule has 0 spiro atoms. The predicted octanol–water partition coefficient (Wildman–Crippen LogP) is 2.72. The van der Waals surface area contributed by atoms with Crippen LogP contribution in [0, 0.1) is 5.92 Å². The predicted molar refractivity (Wildman–Crippen MR) is 65.9 cm³/mol. The van der Waals surface area contributed by atoms with E-state index in [1.807, 2.05) is 13.8 Å². The Morgan fingerprint density at radius 3 is 2.00 bits per heavy atom. The highest BCUT2D eigenvalue weighted by Gasteiger charge is 2.37. The lowest BCUT2D eigenvalue weighted by atomic mass is 10.0. The molecule has 0 aliphatic carbocycles. The maximum absolute atomic E-state index is 12.2. The largest absolute Gasteiger partial charge is 0.271 e. The number of imide groups is 1. The smallest absolute Gasteiger partial charge is 0.261 e. The second-order valence-electron chi connectivity index (χ2n) is 4.70. The summed E-state index contributed by atoms with van der Waals surface area (Å²) in [6, 6.07) is 6.42. The molecule has 1 heterocycles. The van der Waals surface area contributed by atoms with Crippen molar-refractivity contribution in [2.75, 3.05) is 0 Å². The molecule has 90 valence electrons. The van der Waals surface area contributed by atoms with Gasteiger partial charge < -0.3 is 0 Å². The minimum absolute atomic E-state index is 0.101. The van der Waals surface area contributed by atoms with E-state index in [4.69, 9.17) is 1.37 Å². The lowest BCUT2D eigenvalue weighted by Gasteiger charge is -2.23. The lowest BCUT2D eigenvalue weighted by Crippen LogP contribution is -2.38. The average molecular weight is 232 g/mol. The zero-order valence-electron chi connectivity index (χ0n) is 11.3. The fourth-order valence-electron chi connectivity index (χ4n) is 2.22. The third kappa shape index (κ3) is 1.97. The Hall–Kier alpha value is -1.64. The molecule has 0 saturated heterocycles. The Labute approximate surface area is 103 Å². The number of hydrogen-bond donors (Lipinski definition) is 0. The van der Waals surface area contributed by atoms with Crippen molar-refractivity contribution in [3.8, 4) is 0 Å². The fraction of sp³-hybridized carbons (Fsp3) is 0.429. The zero-order valence-corrected chi connectivity index (χ0v) is 10.3. The van der Waals surface area contributed by atoms with Gasteiger partial charge in [0.15, 0.2) is 0 Å². The van der Waals surface area contributed by atoms with E-state index in [0.717, 1.165) is 0 Å². The van der Waals surface area contributed by atoms with Crippen LogP contribution in [0.15, 0.2) is 24.3 Å². The van der Waals surface area contributed by atoms with Crippen molar-refractivity contribution in [3.63, 3.8) is 0 Å². The van der Waals surface area contributed by atoms with Crippen LogP contribution in [0.3, 0.4) is 0 Å². The number of fused-ring (bicyclic) bond motifs is 1. The van der Waals surface area contributed by atoms with Crippen molar-refractivity contribution < 1.29 is 11.0 Å². The van der Waals surface area contributed by atoms with Gasteiger partial charge in [-0.1, -0.05) is 26.0 Å². The highest BCUT2D eigenvalue weighted by molar-refractivity contribution is 6.21. The standard InChI is InChI=1S/C14H17NO2/c1-9(2)8-10(3)15-13(16)11-6-4-5-7-12(11)14(15)17/h4-7,9-10H,8H2,1-3H3/t10-/m1/s1/i8D/t8-,10+/m0. The maximum atomic E-state index is 12.2. The van der Waals surface area contributed by atoms with E-state index in [1.165, 1.54) is 4.90 Å². The van der Waals surface area contributed by atoms with Crippen LogP contribution in [0.2, 0.25) is 0 Å². The minimum atomic E-state index is -0.466. The number of nitrogens with zero attached hydrogens (tertiary/aromatic N) is 1. The molecule has 3 heteroatoms. The fourth-order valence-corrected chi connectivity index (χ4v) is 2.22. The van der Waals surface area contributed by atoms with Crippen molar-refractivity contribution in [2.24, 2.45) is 5.92 Å². The average Bonchev–Trinajstić information content (AvgIpc) is 2.61. The van der Waals surface area contributed by atoms with Gasteiger partial charge in [-0.25, -0.2) is 0 Å². The molecule has 1 aromatic carbocycles. The number of hydrogen-bond acceptors (Lipinski definition) is 2. The zero-order chi connectivity index (χ0) is 13.4. The second-order valence-corrected chi connectivity index (χ2v) is 4.70. The van der Waals surface area contributed by atoms with Gasteiger partial charge in [-0.3, -0.25) is 14.5 Å². The van der Waals surface area contributed by atoms with E-state index < -0.39 is 12.4 Å². The first-order valence-corrected chi connectivity index (χ1v) is 5.84. The molecule has 2 rings (SSSR count). The number of rotatable bonds is 3. The first kappa shape index (κ1) is 10.5. The van der Waals surface area contributed by atoms with Crippen LogP contribution in [0.4, 0.5) is 0 Å². The molecule has 0 bridgehead atoms. The van der Waals surface area contributed by atoms with Crippen LogP contribution in [-0.2, 0) is 0 Å². The van der Waals surface area contributed by atoms with Crippen molar-refractivity contribution >= 4 is 11.8 Å². The Morgan fingerprint density at radius 2 is 1.59 bits per heavy atom. The Kier molecular flexibility index (Phi) is 2.67. The molecule has 0 unspecified atom stereocenters. The topological polar surface area (TPSA) is 37.4 Å². The highest BCUT2D eigenvalue weighted by Crippen LogP contribution is 2.26. The van der Waals surface area contributed by atoms with Gasteiger partial charge in [0.05, 0.1) is 11.1 Å². The third-order valence-corrected chi connectivity index (χ3v) is 2.90. The van der Waals surface area contributed by atoms with Gasteiger partial charge in [0.25, 0.3) is 11.8 Å². The van der Waals surface area contributed by atoms with Crippen LogP contribution in [-0.4, -0.2) is 22.8 Å².